The lowest BCUT2D eigenvalue weighted by Crippen LogP contribution is -2.46. The molecule has 1 saturated heterocycles. The van der Waals surface area contributed by atoms with Crippen molar-refractivity contribution in [3.63, 3.8) is 0 Å². The Morgan fingerprint density at radius 2 is 1.98 bits per heavy atom. The number of esters is 2. The van der Waals surface area contributed by atoms with Gasteiger partial charge in [0.05, 0.1) is 37.4 Å². The summed E-state index contributed by atoms with van der Waals surface area (Å²) in [6.07, 6.45) is 2.96. The number of ether oxygens (including phenoxy) is 4. The summed E-state index contributed by atoms with van der Waals surface area (Å²) in [7, 11) is 0. The highest BCUT2D eigenvalue weighted by Gasteiger charge is 2.46. The summed E-state index contributed by atoms with van der Waals surface area (Å²) >= 11 is 0. The van der Waals surface area contributed by atoms with E-state index >= 15 is 0 Å². The largest absolute Gasteiger partial charge is 0.461 e. The number of carbonyl (C=O) groups excluding carboxylic acids is 4. The number of aliphatic hydroxyl groups is 1. The van der Waals surface area contributed by atoms with Gasteiger partial charge < -0.3 is 28.9 Å². The normalized spacial score (nSPS) is 26.9. The number of hydrogen-bond acceptors (Lipinski definition) is 11. The van der Waals surface area contributed by atoms with Crippen molar-refractivity contribution in [2.45, 2.75) is 77.9 Å². The number of oxime groups is 1. The van der Waals surface area contributed by atoms with Crippen LogP contribution < -0.4 is 0 Å². The number of carbonyl (C=O) groups is 4. The first-order valence-electron chi connectivity index (χ1n) is 14.9. The van der Waals surface area contributed by atoms with Crippen LogP contribution in [0.15, 0.2) is 29.5 Å². The van der Waals surface area contributed by atoms with E-state index in [1.54, 1.807) is 6.08 Å². The summed E-state index contributed by atoms with van der Waals surface area (Å²) < 4.78 is 21.5. The minimum absolute atomic E-state index is 0.0346. The van der Waals surface area contributed by atoms with Gasteiger partial charge in [0, 0.05) is 30.6 Å². The van der Waals surface area contributed by atoms with E-state index in [-0.39, 0.29) is 73.9 Å². The Balaban J connectivity index is 1.74. The van der Waals surface area contributed by atoms with E-state index in [0.717, 1.165) is 0 Å². The van der Waals surface area contributed by atoms with Gasteiger partial charge in [-0.1, -0.05) is 38.6 Å². The molecule has 0 amide bonds. The fraction of sp³-hybridized carbons (Fsp3) is 0.710. The van der Waals surface area contributed by atoms with Gasteiger partial charge in [-0.15, -0.1) is 0 Å². The molecule has 42 heavy (non-hydrogen) atoms. The van der Waals surface area contributed by atoms with Crippen molar-refractivity contribution in [2.24, 2.45) is 34.7 Å². The maximum atomic E-state index is 13.1. The molecule has 2 aliphatic carbocycles. The molecule has 1 aliphatic heterocycles. The first-order chi connectivity index (χ1) is 20.1. The van der Waals surface area contributed by atoms with E-state index in [2.05, 4.69) is 11.7 Å². The van der Waals surface area contributed by atoms with Crippen LogP contribution >= 0.6 is 0 Å². The standard InChI is InChI=1S/C31H45NO10/c1-5-11-40-29(36)13-23(34)12-22(33)7-8-24-20(4)27(35)14-25-26(32-41-17-21-15-38-18-39-16-21)9-10-28(30(24)25)42-31(37)19(3)6-2/h5,14,19-21,23-24,28,30,34H,1,6-13,15-18H2,2-4H3/b32-26+. The first-order valence-corrected chi connectivity index (χ1v) is 14.9. The highest BCUT2D eigenvalue weighted by molar-refractivity contribution is 6.08. The number of nitrogens with zero attached hydrogens (tertiary/aromatic N) is 1. The summed E-state index contributed by atoms with van der Waals surface area (Å²) in [4.78, 5) is 56.2. The number of aliphatic hydroxyl groups excluding tert-OH is 1. The van der Waals surface area contributed by atoms with Crippen LogP contribution in [0.2, 0.25) is 0 Å². The monoisotopic (exact) mass is 591 g/mol. The van der Waals surface area contributed by atoms with Crippen molar-refractivity contribution in [1.82, 2.24) is 0 Å². The SMILES string of the molecule is C=CCOC(=O)CC(O)CC(=O)CCC1C(C)C(=O)C=C2/C(=N/OCC3COCOC3)CCC(OC(=O)C(C)CC)C21. The molecule has 0 aromatic carbocycles. The smallest absolute Gasteiger partial charge is 0.308 e. The molecule has 0 aromatic rings. The third-order valence-corrected chi connectivity index (χ3v) is 8.23. The van der Waals surface area contributed by atoms with Crippen LogP contribution in [0.25, 0.3) is 0 Å². The van der Waals surface area contributed by atoms with Crippen molar-refractivity contribution in [3.05, 3.63) is 24.3 Å². The molecule has 6 unspecified atom stereocenters. The van der Waals surface area contributed by atoms with E-state index in [1.807, 2.05) is 20.8 Å². The van der Waals surface area contributed by atoms with Gasteiger partial charge in [-0.2, -0.15) is 0 Å². The van der Waals surface area contributed by atoms with E-state index in [1.165, 1.54) is 6.08 Å². The zero-order valence-corrected chi connectivity index (χ0v) is 25.0. The Kier molecular flexibility index (Phi) is 13.3. The Bertz CT molecular complexity index is 1030. The topological polar surface area (TPSA) is 147 Å². The van der Waals surface area contributed by atoms with Gasteiger partial charge in [0.2, 0.25) is 0 Å². The number of rotatable bonds is 15. The number of ketones is 2. The number of allylic oxidation sites excluding steroid dienone is 1. The van der Waals surface area contributed by atoms with Gasteiger partial charge in [0.15, 0.2) is 5.78 Å². The third-order valence-electron chi connectivity index (χ3n) is 8.23. The lowest BCUT2D eigenvalue weighted by atomic mass is 9.63. The fourth-order valence-electron chi connectivity index (χ4n) is 5.60. The minimum Gasteiger partial charge on any atom is -0.461 e. The van der Waals surface area contributed by atoms with Crippen LogP contribution in [0.1, 0.15) is 65.7 Å². The van der Waals surface area contributed by atoms with Crippen LogP contribution in [0.3, 0.4) is 0 Å². The molecule has 1 N–H and O–H groups in total. The molecule has 1 heterocycles. The molecule has 11 heteroatoms. The van der Waals surface area contributed by atoms with Crippen LogP contribution in [0.4, 0.5) is 0 Å². The number of hydrogen-bond donors (Lipinski definition) is 1. The van der Waals surface area contributed by atoms with Crippen LogP contribution in [0.5, 0.6) is 0 Å². The Labute approximate surface area is 247 Å². The maximum absolute atomic E-state index is 13.1. The maximum Gasteiger partial charge on any atom is 0.308 e. The minimum atomic E-state index is -1.16. The van der Waals surface area contributed by atoms with Crippen molar-refractivity contribution in [2.75, 3.05) is 33.2 Å². The highest BCUT2D eigenvalue weighted by atomic mass is 16.7. The molecule has 11 nitrogen and oxygen atoms in total. The molecule has 1 saturated carbocycles. The molecule has 3 aliphatic rings. The third kappa shape index (κ3) is 9.57. The van der Waals surface area contributed by atoms with Crippen LogP contribution in [-0.4, -0.2) is 79.8 Å². The van der Waals surface area contributed by atoms with E-state index in [4.69, 9.17) is 23.8 Å². The fourth-order valence-corrected chi connectivity index (χ4v) is 5.60. The second-order valence-corrected chi connectivity index (χ2v) is 11.5. The van der Waals surface area contributed by atoms with E-state index in [9.17, 15) is 24.3 Å². The van der Waals surface area contributed by atoms with Gasteiger partial charge in [-0.3, -0.25) is 19.2 Å². The number of fused-ring (bicyclic) bond motifs is 1. The van der Waals surface area contributed by atoms with Crippen molar-refractivity contribution in [3.8, 4) is 0 Å². The highest BCUT2D eigenvalue weighted by Crippen LogP contribution is 2.44. The lowest BCUT2D eigenvalue weighted by Gasteiger charge is -2.43. The molecule has 234 valence electrons. The van der Waals surface area contributed by atoms with Gasteiger partial charge in [-0.25, -0.2) is 0 Å². The van der Waals surface area contributed by atoms with Gasteiger partial charge >= 0.3 is 11.9 Å². The summed E-state index contributed by atoms with van der Waals surface area (Å²) in [5, 5.41) is 14.6. The molecule has 3 rings (SSSR count). The molecule has 2 fully saturated rings. The van der Waals surface area contributed by atoms with Crippen molar-refractivity contribution < 1.29 is 48.1 Å². The molecule has 0 spiro atoms. The Morgan fingerprint density at radius 3 is 2.67 bits per heavy atom. The zero-order chi connectivity index (χ0) is 30.6. The second-order valence-electron chi connectivity index (χ2n) is 11.5. The Morgan fingerprint density at radius 1 is 1.24 bits per heavy atom. The predicted molar refractivity (Wildman–Crippen MR) is 152 cm³/mol. The average Bonchev–Trinajstić information content (AvgIpc) is 2.97. The average molecular weight is 592 g/mol. The summed E-state index contributed by atoms with van der Waals surface area (Å²) in [5.74, 6) is -2.47. The van der Waals surface area contributed by atoms with Crippen LogP contribution in [-0.2, 0) is 43.0 Å². The van der Waals surface area contributed by atoms with Gasteiger partial charge in [-0.05, 0) is 43.3 Å². The molecular formula is C31H45NO10. The number of Topliss-reactive ketones (excluding diaryl/α,β-unsaturated/α-hetero) is 1. The quantitative estimate of drug-likeness (QED) is 0.171. The first kappa shape index (κ1) is 33.6. The van der Waals surface area contributed by atoms with Gasteiger partial charge in [0.25, 0.3) is 0 Å². The second kappa shape index (κ2) is 16.7. The van der Waals surface area contributed by atoms with Crippen LogP contribution in [0, 0.1) is 29.6 Å². The molecule has 0 aromatic heterocycles. The summed E-state index contributed by atoms with van der Waals surface area (Å²) in [6.45, 7) is 10.7. The Hall–Kier alpha value is -2.89. The summed E-state index contributed by atoms with van der Waals surface area (Å²) in [5.41, 5.74) is 1.32. The zero-order valence-electron chi connectivity index (χ0n) is 25.0. The molecule has 0 radical (unpaired) electrons. The van der Waals surface area contributed by atoms with E-state index < -0.39 is 24.1 Å². The molecule has 6 atom stereocenters. The molecule has 0 bridgehead atoms. The molecular weight excluding hydrogens is 546 g/mol. The summed E-state index contributed by atoms with van der Waals surface area (Å²) in [6, 6.07) is 0. The van der Waals surface area contributed by atoms with E-state index in [0.29, 0.717) is 56.8 Å². The predicted octanol–water partition coefficient (Wildman–Crippen LogP) is 3.33. The van der Waals surface area contributed by atoms with Crippen molar-refractivity contribution in [1.29, 1.82) is 0 Å². The van der Waals surface area contributed by atoms with Gasteiger partial charge in [0.1, 0.15) is 31.9 Å². The van der Waals surface area contributed by atoms with Crippen molar-refractivity contribution >= 4 is 29.2 Å². The lowest BCUT2D eigenvalue weighted by molar-refractivity contribution is -0.158.